The van der Waals surface area contributed by atoms with Gasteiger partial charge in [0.05, 0.1) is 16.6 Å². The molecule has 1 unspecified atom stereocenters. The van der Waals surface area contributed by atoms with Crippen molar-refractivity contribution in [2.45, 2.75) is 51.4 Å². The maximum absolute atomic E-state index is 13.1. The van der Waals surface area contributed by atoms with Crippen LogP contribution in [0.15, 0.2) is 71.9 Å². The smallest absolute Gasteiger partial charge is 0.237 e. The van der Waals surface area contributed by atoms with Crippen molar-refractivity contribution in [3.8, 4) is 22.5 Å². The van der Waals surface area contributed by atoms with Gasteiger partial charge < -0.3 is 10.3 Å². The third-order valence-electron chi connectivity index (χ3n) is 5.92. The Morgan fingerprint density at radius 3 is 2.09 bits per heavy atom. The Kier molecular flexibility index (Phi) is 7.23. The number of carbonyl (C=O) groups is 1. The number of aromatic amines is 1. The van der Waals surface area contributed by atoms with E-state index in [-0.39, 0.29) is 11.2 Å². The third-order valence-corrected chi connectivity index (χ3v) is 7.16. The normalized spacial score (nSPS) is 11.9. The number of nitrogens with zero attached hydrogens (tertiary/aromatic N) is 1. The highest BCUT2D eigenvalue weighted by atomic mass is 32.2. The van der Waals surface area contributed by atoms with Gasteiger partial charge >= 0.3 is 0 Å². The summed E-state index contributed by atoms with van der Waals surface area (Å²) in [6.45, 7) is 10.2. The van der Waals surface area contributed by atoms with Crippen LogP contribution in [0.25, 0.3) is 22.5 Å². The third kappa shape index (κ3) is 5.42. The SMILES string of the molecule is CCC(Sc1nc(-c2ccc(C)cc2)c(-c2ccc(C)cc2)[nH]1)C(=O)Nc1cc(C)ccc1C. The van der Waals surface area contributed by atoms with E-state index in [2.05, 4.69) is 78.7 Å². The summed E-state index contributed by atoms with van der Waals surface area (Å²) in [5.41, 5.74) is 9.46. The topological polar surface area (TPSA) is 57.8 Å². The zero-order chi connectivity index (χ0) is 24.2. The molecule has 0 aliphatic carbocycles. The monoisotopic (exact) mass is 469 g/mol. The minimum Gasteiger partial charge on any atom is -0.332 e. The minimum absolute atomic E-state index is 0.00799. The van der Waals surface area contributed by atoms with E-state index in [0.29, 0.717) is 6.42 Å². The first-order valence-corrected chi connectivity index (χ1v) is 12.5. The lowest BCUT2D eigenvalue weighted by Crippen LogP contribution is -2.25. The zero-order valence-corrected chi connectivity index (χ0v) is 21.2. The number of carbonyl (C=O) groups excluding carboxylic acids is 1. The lowest BCUT2D eigenvalue weighted by Gasteiger charge is -2.15. The van der Waals surface area contributed by atoms with Crippen LogP contribution < -0.4 is 5.32 Å². The van der Waals surface area contributed by atoms with Gasteiger partial charge in [0.15, 0.2) is 5.16 Å². The van der Waals surface area contributed by atoms with Crippen molar-refractivity contribution in [2.75, 3.05) is 5.32 Å². The molecule has 4 rings (SSSR count). The molecule has 0 aliphatic heterocycles. The Bertz CT molecular complexity index is 1230. The Hall–Kier alpha value is -3.31. The first-order valence-electron chi connectivity index (χ1n) is 11.6. The highest BCUT2D eigenvalue weighted by Gasteiger charge is 2.22. The van der Waals surface area contributed by atoms with Crippen molar-refractivity contribution in [1.82, 2.24) is 9.97 Å². The summed E-state index contributed by atoms with van der Waals surface area (Å²) in [7, 11) is 0. The number of thioether (sulfide) groups is 1. The maximum atomic E-state index is 13.1. The van der Waals surface area contributed by atoms with Crippen LogP contribution in [0.3, 0.4) is 0 Å². The van der Waals surface area contributed by atoms with Crippen LogP contribution >= 0.6 is 11.8 Å². The van der Waals surface area contributed by atoms with Crippen molar-refractivity contribution in [3.05, 3.63) is 89.0 Å². The van der Waals surface area contributed by atoms with Gasteiger partial charge in [0.25, 0.3) is 0 Å². The van der Waals surface area contributed by atoms with Gasteiger partial charge in [-0.25, -0.2) is 4.98 Å². The van der Waals surface area contributed by atoms with Gasteiger partial charge in [0.1, 0.15) is 0 Å². The fourth-order valence-corrected chi connectivity index (χ4v) is 4.70. The predicted octanol–water partition coefficient (Wildman–Crippen LogP) is 7.49. The summed E-state index contributed by atoms with van der Waals surface area (Å²) in [5, 5.41) is 3.60. The number of aryl methyl sites for hydroxylation is 4. The number of imidazole rings is 1. The molecule has 0 spiro atoms. The number of H-pyrrole nitrogens is 1. The van der Waals surface area contributed by atoms with Gasteiger partial charge in [0, 0.05) is 16.8 Å². The van der Waals surface area contributed by atoms with Crippen LogP contribution in [0.5, 0.6) is 0 Å². The van der Waals surface area contributed by atoms with E-state index in [1.165, 1.54) is 22.9 Å². The molecular formula is C29H31N3OS. The molecule has 0 aliphatic rings. The van der Waals surface area contributed by atoms with Gasteiger partial charge in [0.2, 0.25) is 5.91 Å². The second-order valence-electron chi connectivity index (χ2n) is 8.82. The molecule has 0 saturated carbocycles. The Labute approximate surface area is 206 Å². The number of aromatic nitrogens is 2. The van der Waals surface area contributed by atoms with Crippen LogP contribution in [-0.2, 0) is 4.79 Å². The van der Waals surface area contributed by atoms with E-state index in [1.807, 2.05) is 32.9 Å². The maximum Gasteiger partial charge on any atom is 0.237 e. The molecule has 2 N–H and O–H groups in total. The lowest BCUT2D eigenvalue weighted by molar-refractivity contribution is -0.115. The van der Waals surface area contributed by atoms with E-state index in [0.717, 1.165) is 44.5 Å². The summed E-state index contributed by atoms with van der Waals surface area (Å²) in [6, 6.07) is 22.9. The summed E-state index contributed by atoms with van der Waals surface area (Å²) >= 11 is 1.48. The van der Waals surface area contributed by atoms with E-state index in [9.17, 15) is 4.79 Å². The largest absolute Gasteiger partial charge is 0.332 e. The summed E-state index contributed by atoms with van der Waals surface area (Å²) in [6.07, 6.45) is 0.696. The van der Waals surface area contributed by atoms with E-state index < -0.39 is 0 Å². The molecular weight excluding hydrogens is 438 g/mol. The Morgan fingerprint density at radius 2 is 1.47 bits per heavy atom. The van der Waals surface area contributed by atoms with Crippen molar-refractivity contribution in [2.24, 2.45) is 0 Å². The van der Waals surface area contributed by atoms with Crippen molar-refractivity contribution >= 4 is 23.4 Å². The molecule has 0 radical (unpaired) electrons. The van der Waals surface area contributed by atoms with E-state index in [1.54, 1.807) is 0 Å². The van der Waals surface area contributed by atoms with Gasteiger partial charge in [-0.15, -0.1) is 0 Å². The Balaban J connectivity index is 1.64. The fourth-order valence-electron chi connectivity index (χ4n) is 3.80. The van der Waals surface area contributed by atoms with Crippen molar-refractivity contribution in [3.63, 3.8) is 0 Å². The predicted molar refractivity (Wildman–Crippen MR) is 143 cm³/mol. The molecule has 1 heterocycles. The molecule has 4 nitrogen and oxygen atoms in total. The van der Waals surface area contributed by atoms with E-state index >= 15 is 0 Å². The number of nitrogens with one attached hydrogen (secondary N) is 2. The van der Waals surface area contributed by atoms with Gasteiger partial charge in [-0.2, -0.15) is 0 Å². The number of rotatable bonds is 7. The standard InChI is InChI=1S/C29H31N3OS/c1-6-25(28(33)30-24-17-20(4)7-12-21(24)5)34-29-31-26(22-13-8-18(2)9-14-22)27(32-29)23-15-10-19(3)11-16-23/h7-17,25H,6H2,1-5H3,(H,30,33)(H,31,32). The average molecular weight is 470 g/mol. The van der Waals surface area contributed by atoms with Gasteiger partial charge in [-0.3, -0.25) is 4.79 Å². The summed E-state index contributed by atoms with van der Waals surface area (Å²) in [5.74, 6) is -0.00799. The first kappa shape index (κ1) is 23.8. The number of anilines is 1. The number of amides is 1. The number of hydrogen-bond acceptors (Lipinski definition) is 3. The molecule has 4 aromatic rings. The van der Waals surface area contributed by atoms with E-state index in [4.69, 9.17) is 4.98 Å². The second-order valence-corrected chi connectivity index (χ2v) is 10.0. The molecule has 0 fully saturated rings. The number of hydrogen-bond donors (Lipinski definition) is 2. The highest BCUT2D eigenvalue weighted by Crippen LogP contribution is 2.35. The van der Waals surface area contributed by atoms with Crippen LogP contribution in [0, 0.1) is 27.7 Å². The fraction of sp³-hybridized carbons (Fsp3) is 0.241. The van der Waals surface area contributed by atoms with Crippen molar-refractivity contribution in [1.29, 1.82) is 0 Å². The van der Waals surface area contributed by atoms with Crippen molar-refractivity contribution < 1.29 is 4.79 Å². The molecule has 1 amide bonds. The first-order chi connectivity index (χ1) is 16.3. The Morgan fingerprint density at radius 1 is 0.882 bits per heavy atom. The van der Waals surface area contributed by atoms with Crippen LogP contribution in [-0.4, -0.2) is 21.1 Å². The molecule has 1 atom stereocenters. The summed E-state index contributed by atoms with van der Waals surface area (Å²) < 4.78 is 0. The van der Waals surface area contributed by atoms with Crippen LogP contribution in [0.2, 0.25) is 0 Å². The second kappa shape index (κ2) is 10.3. The molecule has 3 aromatic carbocycles. The molecule has 174 valence electrons. The molecule has 34 heavy (non-hydrogen) atoms. The zero-order valence-electron chi connectivity index (χ0n) is 20.4. The minimum atomic E-state index is -0.261. The highest BCUT2D eigenvalue weighted by molar-refractivity contribution is 8.00. The molecule has 0 saturated heterocycles. The van der Waals surface area contributed by atoms with Gasteiger partial charge in [-0.05, 0) is 51.3 Å². The average Bonchev–Trinajstić information content (AvgIpc) is 3.24. The quantitative estimate of drug-likeness (QED) is 0.276. The van der Waals surface area contributed by atoms with Crippen LogP contribution in [0.1, 0.15) is 35.6 Å². The molecule has 1 aromatic heterocycles. The van der Waals surface area contributed by atoms with Crippen LogP contribution in [0.4, 0.5) is 5.69 Å². The van der Waals surface area contributed by atoms with Gasteiger partial charge in [-0.1, -0.05) is 90.5 Å². The molecule has 0 bridgehead atoms. The molecule has 5 heteroatoms. The summed E-state index contributed by atoms with van der Waals surface area (Å²) in [4.78, 5) is 21.6. The number of benzene rings is 3. The lowest BCUT2D eigenvalue weighted by atomic mass is 10.0.